The van der Waals surface area contributed by atoms with Crippen LogP contribution < -0.4 is 9.64 Å². The molecule has 0 radical (unpaired) electrons. The molecule has 6 nitrogen and oxygen atoms in total. The number of rotatable bonds is 4. The molecule has 106 valence electrons. The standard InChI is InChI=1S/C12H20ClN5O/c1-4-9-8-18(7-6-17(9)3)11-14-10(13)15-12(16-11)19-5-2/h9H,4-8H2,1-3H3. The van der Waals surface area contributed by atoms with E-state index >= 15 is 0 Å². The number of ether oxygens (including phenoxy) is 1. The Hall–Kier alpha value is -1.14. The molecule has 2 rings (SSSR count). The van der Waals surface area contributed by atoms with Crippen molar-refractivity contribution in [3.63, 3.8) is 0 Å². The first-order chi connectivity index (χ1) is 9.13. The quantitative estimate of drug-likeness (QED) is 0.835. The van der Waals surface area contributed by atoms with Crippen molar-refractivity contribution in [2.75, 3.05) is 38.2 Å². The highest BCUT2D eigenvalue weighted by Crippen LogP contribution is 2.19. The van der Waals surface area contributed by atoms with Crippen LogP contribution in [-0.4, -0.2) is 59.2 Å². The molecule has 2 heterocycles. The number of aromatic nitrogens is 3. The molecular formula is C12H20ClN5O. The molecular weight excluding hydrogens is 266 g/mol. The summed E-state index contributed by atoms with van der Waals surface area (Å²) in [6, 6.07) is 0.810. The second-order valence-electron chi connectivity index (χ2n) is 4.61. The number of anilines is 1. The fraction of sp³-hybridized carbons (Fsp3) is 0.750. The maximum absolute atomic E-state index is 5.92. The molecule has 1 fully saturated rings. The lowest BCUT2D eigenvalue weighted by atomic mass is 10.1. The molecule has 19 heavy (non-hydrogen) atoms. The summed E-state index contributed by atoms with van der Waals surface area (Å²) in [6.07, 6.45) is 1.10. The zero-order chi connectivity index (χ0) is 13.8. The predicted octanol–water partition coefficient (Wildman–Crippen LogP) is 1.45. The average molecular weight is 286 g/mol. The Bertz CT molecular complexity index is 431. The number of hydrogen-bond donors (Lipinski definition) is 0. The van der Waals surface area contributed by atoms with E-state index in [-0.39, 0.29) is 5.28 Å². The van der Waals surface area contributed by atoms with Crippen molar-refractivity contribution in [1.82, 2.24) is 19.9 Å². The van der Waals surface area contributed by atoms with Gasteiger partial charge in [-0.1, -0.05) is 6.92 Å². The van der Waals surface area contributed by atoms with Crippen molar-refractivity contribution in [2.45, 2.75) is 26.3 Å². The van der Waals surface area contributed by atoms with Gasteiger partial charge in [-0.25, -0.2) is 0 Å². The third-order valence-electron chi connectivity index (χ3n) is 3.38. The molecule has 7 heteroatoms. The van der Waals surface area contributed by atoms with Crippen molar-refractivity contribution in [2.24, 2.45) is 0 Å². The molecule has 1 aromatic rings. The predicted molar refractivity (Wildman–Crippen MR) is 74.9 cm³/mol. The van der Waals surface area contributed by atoms with Crippen LogP contribution in [0.1, 0.15) is 20.3 Å². The third-order valence-corrected chi connectivity index (χ3v) is 3.55. The maximum atomic E-state index is 5.92. The molecule has 1 unspecified atom stereocenters. The van der Waals surface area contributed by atoms with E-state index in [1.54, 1.807) is 0 Å². The highest BCUT2D eigenvalue weighted by atomic mass is 35.5. The van der Waals surface area contributed by atoms with Gasteiger partial charge in [0.25, 0.3) is 0 Å². The minimum Gasteiger partial charge on any atom is -0.464 e. The van der Waals surface area contributed by atoms with Gasteiger partial charge in [0, 0.05) is 25.7 Å². The van der Waals surface area contributed by atoms with E-state index in [1.165, 1.54) is 0 Å². The molecule has 0 aliphatic carbocycles. The van der Waals surface area contributed by atoms with Crippen LogP contribution in [0.4, 0.5) is 5.95 Å². The van der Waals surface area contributed by atoms with Gasteiger partial charge >= 0.3 is 6.01 Å². The second kappa shape index (κ2) is 6.34. The zero-order valence-corrected chi connectivity index (χ0v) is 12.4. The second-order valence-corrected chi connectivity index (χ2v) is 4.95. The first-order valence-electron chi connectivity index (χ1n) is 6.63. The number of halogens is 1. The first-order valence-corrected chi connectivity index (χ1v) is 7.01. The van der Waals surface area contributed by atoms with Crippen LogP contribution in [0.3, 0.4) is 0 Å². The zero-order valence-electron chi connectivity index (χ0n) is 11.6. The Morgan fingerprint density at radius 1 is 1.26 bits per heavy atom. The van der Waals surface area contributed by atoms with E-state index in [0.717, 1.165) is 26.1 Å². The largest absolute Gasteiger partial charge is 0.464 e. The molecule has 0 amide bonds. The van der Waals surface area contributed by atoms with Gasteiger partial charge in [0.15, 0.2) is 0 Å². The Morgan fingerprint density at radius 3 is 2.74 bits per heavy atom. The Morgan fingerprint density at radius 2 is 2.05 bits per heavy atom. The van der Waals surface area contributed by atoms with Crippen LogP contribution in [0.2, 0.25) is 5.28 Å². The first kappa shape index (κ1) is 14.3. The van der Waals surface area contributed by atoms with Gasteiger partial charge in [-0.15, -0.1) is 0 Å². The topological polar surface area (TPSA) is 54.4 Å². The lowest BCUT2D eigenvalue weighted by Crippen LogP contribution is -2.51. The molecule has 1 aliphatic rings. The molecule has 1 aromatic heterocycles. The molecule has 1 atom stereocenters. The van der Waals surface area contributed by atoms with Crippen LogP contribution in [0, 0.1) is 0 Å². The molecule has 1 saturated heterocycles. The van der Waals surface area contributed by atoms with E-state index in [2.05, 4.69) is 38.7 Å². The van der Waals surface area contributed by atoms with Crippen molar-refractivity contribution in [3.05, 3.63) is 5.28 Å². The molecule has 0 bridgehead atoms. The van der Waals surface area contributed by atoms with E-state index in [0.29, 0.717) is 24.6 Å². The summed E-state index contributed by atoms with van der Waals surface area (Å²) in [7, 11) is 2.15. The van der Waals surface area contributed by atoms with Crippen molar-refractivity contribution in [1.29, 1.82) is 0 Å². The lowest BCUT2D eigenvalue weighted by molar-refractivity contribution is 0.212. The van der Waals surface area contributed by atoms with Crippen molar-refractivity contribution < 1.29 is 4.74 Å². The van der Waals surface area contributed by atoms with Crippen molar-refractivity contribution >= 4 is 17.5 Å². The molecule has 0 aromatic carbocycles. The highest BCUT2D eigenvalue weighted by Gasteiger charge is 2.25. The number of nitrogens with zero attached hydrogens (tertiary/aromatic N) is 5. The van der Waals surface area contributed by atoms with Gasteiger partial charge in [0.1, 0.15) is 0 Å². The van der Waals surface area contributed by atoms with Gasteiger partial charge < -0.3 is 9.64 Å². The highest BCUT2D eigenvalue weighted by molar-refractivity contribution is 6.28. The summed E-state index contributed by atoms with van der Waals surface area (Å²) in [5.41, 5.74) is 0. The van der Waals surface area contributed by atoms with E-state index in [9.17, 15) is 0 Å². The van der Waals surface area contributed by atoms with Crippen LogP contribution in [-0.2, 0) is 0 Å². The van der Waals surface area contributed by atoms with Crippen LogP contribution >= 0.6 is 11.6 Å². The van der Waals surface area contributed by atoms with Gasteiger partial charge in [-0.3, -0.25) is 4.90 Å². The monoisotopic (exact) mass is 285 g/mol. The average Bonchev–Trinajstić information content (AvgIpc) is 2.39. The molecule has 0 spiro atoms. The summed E-state index contributed by atoms with van der Waals surface area (Å²) in [4.78, 5) is 17.0. The van der Waals surface area contributed by atoms with Gasteiger partial charge in [-0.05, 0) is 32.0 Å². The number of piperazine rings is 1. The maximum Gasteiger partial charge on any atom is 0.322 e. The fourth-order valence-corrected chi connectivity index (χ4v) is 2.37. The Kier molecular flexibility index (Phi) is 4.76. The minimum absolute atomic E-state index is 0.181. The Labute approximate surface area is 118 Å². The SMILES string of the molecule is CCOc1nc(Cl)nc(N2CCN(C)C(CC)C2)n1. The smallest absolute Gasteiger partial charge is 0.322 e. The molecule has 0 N–H and O–H groups in total. The Balaban J connectivity index is 2.17. The van der Waals surface area contributed by atoms with Gasteiger partial charge in [-0.2, -0.15) is 15.0 Å². The molecule has 0 saturated carbocycles. The van der Waals surface area contributed by atoms with E-state index < -0.39 is 0 Å². The number of hydrogen-bond acceptors (Lipinski definition) is 6. The minimum atomic E-state index is 0.181. The van der Waals surface area contributed by atoms with Crippen LogP contribution in [0.25, 0.3) is 0 Å². The lowest BCUT2D eigenvalue weighted by Gasteiger charge is -2.39. The molecule has 1 aliphatic heterocycles. The summed E-state index contributed by atoms with van der Waals surface area (Å²) in [5, 5.41) is 0.181. The summed E-state index contributed by atoms with van der Waals surface area (Å²) < 4.78 is 5.31. The third kappa shape index (κ3) is 3.45. The summed E-state index contributed by atoms with van der Waals surface area (Å²) in [6.45, 7) is 7.38. The summed E-state index contributed by atoms with van der Waals surface area (Å²) in [5.74, 6) is 0.606. The fourth-order valence-electron chi connectivity index (χ4n) is 2.23. The van der Waals surface area contributed by atoms with Crippen molar-refractivity contribution in [3.8, 4) is 6.01 Å². The van der Waals surface area contributed by atoms with E-state index in [4.69, 9.17) is 16.3 Å². The van der Waals surface area contributed by atoms with Crippen LogP contribution in [0.15, 0.2) is 0 Å². The number of likely N-dealkylation sites (N-methyl/N-ethyl adjacent to an activating group) is 1. The van der Waals surface area contributed by atoms with Gasteiger partial charge in [0.2, 0.25) is 11.2 Å². The summed E-state index contributed by atoms with van der Waals surface area (Å²) >= 11 is 5.92. The van der Waals surface area contributed by atoms with Crippen LogP contribution in [0.5, 0.6) is 6.01 Å². The normalized spacial score (nSPS) is 20.6. The van der Waals surface area contributed by atoms with Gasteiger partial charge in [0.05, 0.1) is 6.61 Å². The van der Waals surface area contributed by atoms with E-state index in [1.807, 2.05) is 6.92 Å².